The summed E-state index contributed by atoms with van der Waals surface area (Å²) < 4.78 is 33.2. The van der Waals surface area contributed by atoms with Crippen LogP contribution in [0.4, 0.5) is 8.78 Å². The van der Waals surface area contributed by atoms with E-state index in [0.717, 1.165) is 0 Å². The number of halogens is 2. The van der Waals surface area contributed by atoms with Gasteiger partial charge in [0.15, 0.2) is 0 Å². The van der Waals surface area contributed by atoms with Crippen molar-refractivity contribution in [2.75, 3.05) is 33.9 Å². The van der Waals surface area contributed by atoms with Gasteiger partial charge in [0.25, 0.3) is 0 Å². The summed E-state index contributed by atoms with van der Waals surface area (Å²) in [5, 5.41) is 2.73. The van der Waals surface area contributed by atoms with Gasteiger partial charge < -0.3 is 20.7 Å². The van der Waals surface area contributed by atoms with Crippen LogP contribution in [-0.2, 0) is 9.53 Å². The maximum absolute atomic E-state index is 14.0. The minimum Gasteiger partial charge on any atom is -0.381 e. The lowest BCUT2D eigenvalue weighted by molar-refractivity contribution is -0.130. The molecule has 0 spiro atoms. The molecule has 1 aromatic carbocycles. The van der Waals surface area contributed by atoms with Gasteiger partial charge in [-0.25, -0.2) is 8.78 Å². The third kappa shape index (κ3) is 4.04. The third-order valence-corrected chi connectivity index (χ3v) is 4.25. The van der Waals surface area contributed by atoms with E-state index in [1.54, 1.807) is 19.0 Å². The molecule has 0 aromatic heterocycles. The van der Waals surface area contributed by atoms with Crippen molar-refractivity contribution in [2.45, 2.75) is 24.4 Å². The number of carbonyl (C=O) groups is 1. The normalized spacial score (nSPS) is 18.7. The van der Waals surface area contributed by atoms with Crippen LogP contribution >= 0.6 is 0 Å². The fourth-order valence-corrected chi connectivity index (χ4v) is 2.70. The number of nitrogens with one attached hydrogen (secondary N) is 1. The number of nitrogens with zero attached hydrogens (tertiary/aromatic N) is 1. The van der Waals surface area contributed by atoms with Crippen molar-refractivity contribution in [1.82, 2.24) is 10.2 Å². The van der Waals surface area contributed by atoms with Crippen LogP contribution in [0.3, 0.4) is 0 Å². The van der Waals surface area contributed by atoms with E-state index in [4.69, 9.17) is 10.5 Å². The van der Waals surface area contributed by atoms with Gasteiger partial charge in [-0.15, -0.1) is 0 Å². The van der Waals surface area contributed by atoms with Crippen molar-refractivity contribution in [3.05, 3.63) is 35.4 Å². The second kappa shape index (κ2) is 7.33. The van der Waals surface area contributed by atoms with Crippen LogP contribution < -0.4 is 11.1 Å². The van der Waals surface area contributed by atoms with Crippen molar-refractivity contribution in [2.24, 2.45) is 5.73 Å². The first-order valence-corrected chi connectivity index (χ1v) is 7.60. The molecule has 1 heterocycles. The maximum atomic E-state index is 14.0. The van der Waals surface area contributed by atoms with Gasteiger partial charge in [-0.1, -0.05) is 6.07 Å². The Kier molecular flexibility index (Phi) is 5.67. The molecule has 23 heavy (non-hydrogen) atoms. The quantitative estimate of drug-likeness (QED) is 0.852. The van der Waals surface area contributed by atoms with Gasteiger partial charge in [-0.05, 0) is 39.1 Å². The molecule has 2 rings (SSSR count). The number of ether oxygens (including phenoxy) is 1. The number of likely N-dealkylation sites (N-methyl/N-ethyl adjacent to an activating group) is 1. The first-order chi connectivity index (χ1) is 10.8. The van der Waals surface area contributed by atoms with Crippen molar-refractivity contribution < 1.29 is 18.3 Å². The predicted octanol–water partition coefficient (Wildman–Crippen LogP) is 1.19. The molecule has 1 aromatic rings. The molecule has 1 unspecified atom stereocenters. The summed E-state index contributed by atoms with van der Waals surface area (Å²) in [6, 6.07) is 3.11. The van der Waals surface area contributed by atoms with Crippen molar-refractivity contribution in [3.8, 4) is 0 Å². The van der Waals surface area contributed by atoms with Crippen LogP contribution in [0, 0.1) is 11.6 Å². The Labute approximate surface area is 134 Å². The first kappa shape index (κ1) is 17.8. The van der Waals surface area contributed by atoms with Crippen LogP contribution in [0.5, 0.6) is 0 Å². The Hall–Kier alpha value is -1.57. The van der Waals surface area contributed by atoms with Gasteiger partial charge in [0.2, 0.25) is 5.91 Å². The Morgan fingerprint density at radius 2 is 1.91 bits per heavy atom. The lowest BCUT2D eigenvalue weighted by atomic mass is 9.90. The summed E-state index contributed by atoms with van der Waals surface area (Å²) in [5.74, 6) is -1.58. The van der Waals surface area contributed by atoms with Crippen LogP contribution in [0.2, 0.25) is 0 Å². The van der Waals surface area contributed by atoms with E-state index < -0.39 is 23.2 Å². The third-order valence-electron chi connectivity index (χ3n) is 4.25. The molecular formula is C16H23F2N3O2. The number of amides is 1. The number of rotatable bonds is 5. The molecule has 1 aliphatic heterocycles. The topological polar surface area (TPSA) is 67.6 Å². The van der Waals surface area contributed by atoms with Gasteiger partial charge >= 0.3 is 0 Å². The van der Waals surface area contributed by atoms with Gasteiger partial charge in [-0.3, -0.25) is 4.79 Å². The van der Waals surface area contributed by atoms with E-state index in [2.05, 4.69) is 5.32 Å². The van der Waals surface area contributed by atoms with Crippen LogP contribution in [-0.4, -0.2) is 50.2 Å². The molecule has 0 saturated carbocycles. The summed E-state index contributed by atoms with van der Waals surface area (Å²) in [6.07, 6.45) is 0.860. The first-order valence-electron chi connectivity index (χ1n) is 7.60. The Bertz CT molecular complexity index is 540. The highest BCUT2D eigenvalue weighted by atomic mass is 19.1. The van der Waals surface area contributed by atoms with E-state index in [9.17, 15) is 13.6 Å². The molecule has 1 fully saturated rings. The molecule has 5 nitrogen and oxygen atoms in total. The minimum absolute atomic E-state index is 0.0594. The average Bonchev–Trinajstić information content (AvgIpc) is 2.50. The molecular weight excluding hydrogens is 304 g/mol. The van der Waals surface area contributed by atoms with Gasteiger partial charge in [0.1, 0.15) is 11.6 Å². The largest absolute Gasteiger partial charge is 0.381 e. The number of hydrogen-bond acceptors (Lipinski definition) is 4. The van der Waals surface area contributed by atoms with Crippen LogP contribution in [0.25, 0.3) is 0 Å². The number of hydrogen-bond donors (Lipinski definition) is 2. The lowest BCUT2D eigenvalue weighted by Crippen LogP contribution is -2.57. The van der Waals surface area contributed by atoms with Crippen molar-refractivity contribution >= 4 is 5.91 Å². The zero-order chi connectivity index (χ0) is 17.0. The van der Waals surface area contributed by atoms with E-state index in [0.29, 0.717) is 26.1 Å². The highest BCUT2D eigenvalue weighted by Crippen LogP contribution is 2.24. The lowest BCUT2D eigenvalue weighted by Gasteiger charge is -2.33. The van der Waals surface area contributed by atoms with E-state index in [1.807, 2.05) is 0 Å². The fraction of sp³-hybridized carbons (Fsp3) is 0.562. The van der Waals surface area contributed by atoms with Crippen LogP contribution in [0.1, 0.15) is 24.4 Å². The Morgan fingerprint density at radius 3 is 2.43 bits per heavy atom. The standard InChI is InChI=1S/C16H23F2N3O2/c1-21(2)13(14-11(17)4-3-5-12(14)18)10-20-15(22)16(19)6-8-23-9-7-16/h3-5,13H,6-10,19H2,1-2H3,(H,20,22). The van der Waals surface area contributed by atoms with Crippen LogP contribution in [0.15, 0.2) is 18.2 Å². The molecule has 7 heteroatoms. The highest BCUT2D eigenvalue weighted by Gasteiger charge is 2.36. The zero-order valence-electron chi connectivity index (χ0n) is 13.4. The minimum atomic E-state index is -0.983. The molecule has 1 aliphatic rings. The summed E-state index contributed by atoms with van der Waals surface area (Å²) >= 11 is 0. The van der Waals surface area contributed by atoms with Crippen molar-refractivity contribution in [1.29, 1.82) is 0 Å². The number of benzene rings is 1. The second-order valence-electron chi connectivity index (χ2n) is 6.09. The molecule has 3 N–H and O–H groups in total. The summed E-state index contributed by atoms with van der Waals surface area (Å²) in [4.78, 5) is 14.0. The molecule has 1 amide bonds. The Morgan fingerprint density at radius 1 is 1.35 bits per heavy atom. The summed E-state index contributed by atoms with van der Waals surface area (Å²) in [5.41, 5.74) is 5.07. The van der Waals surface area contributed by atoms with Gasteiger partial charge in [0, 0.05) is 25.3 Å². The molecule has 0 radical (unpaired) electrons. The number of nitrogens with two attached hydrogens (primary N) is 1. The SMILES string of the molecule is CN(C)C(CNC(=O)C1(N)CCOCC1)c1c(F)cccc1F. The molecule has 1 atom stereocenters. The van der Waals surface area contributed by atoms with Gasteiger partial charge in [-0.2, -0.15) is 0 Å². The number of carbonyl (C=O) groups excluding carboxylic acids is 1. The van der Waals surface area contributed by atoms with Gasteiger partial charge in [0.05, 0.1) is 11.6 Å². The summed E-state index contributed by atoms with van der Waals surface area (Å²) in [7, 11) is 3.41. The van der Waals surface area contributed by atoms with E-state index in [-0.39, 0.29) is 18.0 Å². The Balaban J connectivity index is 2.10. The monoisotopic (exact) mass is 327 g/mol. The fourth-order valence-electron chi connectivity index (χ4n) is 2.70. The second-order valence-corrected chi connectivity index (χ2v) is 6.09. The predicted molar refractivity (Wildman–Crippen MR) is 82.8 cm³/mol. The zero-order valence-corrected chi connectivity index (χ0v) is 13.4. The average molecular weight is 327 g/mol. The van der Waals surface area contributed by atoms with Crippen molar-refractivity contribution in [3.63, 3.8) is 0 Å². The smallest absolute Gasteiger partial charge is 0.240 e. The molecule has 128 valence electrons. The molecule has 0 aliphatic carbocycles. The van der Waals surface area contributed by atoms with E-state index in [1.165, 1.54) is 18.2 Å². The molecule has 1 saturated heterocycles. The molecule has 0 bridgehead atoms. The highest BCUT2D eigenvalue weighted by molar-refractivity contribution is 5.86. The summed E-state index contributed by atoms with van der Waals surface area (Å²) in [6.45, 7) is 0.940. The maximum Gasteiger partial charge on any atom is 0.240 e. The van der Waals surface area contributed by atoms with E-state index >= 15 is 0 Å².